The lowest BCUT2D eigenvalue weighted by Gasteiger charge is -2.14. The molecule has 1 aliphatic heterocycles. The molecule has 2 aromatic rings. The fourth-order valence-corrected chi connectivity index (χ4v) is 2.78. The van der Waals surface area contributed by atoms with Crippen LogP contribution in [-0.2, 0) is 11.2 Å². The van der Waals surface area contributed by atoms with Crippen LogP contribution in [0, 0.1) is 6.92 Å². The molecule has 2 atom stereocenters. The summed E-state index contributed by atoms with van der Waals surface area (Å²) >= 11 is 0. The first-order valence-electron chi connectivity index (χ1n) is 7.92. The van der Waals surface area contributed by atoms with Crippen LogP contribution in [0.4, 0.5) is 0 Å². The first-order chi connectivity index (χ1) is 11.2. The minimum Gasteiger partial charge on any atom is -0.365 e. The van der Waals surface area contributed by atoms with Gasteiger partial charge in [0.2, 0.25) is 0 Å². The lowest BCUT2D eigenvalue weighted by molar-refractivity contribution is 0.0392. The number of aromatic nitrogens is 4. The number of amides is 1. The first-order valence-corrected chi connectivity index (χ1v) is 7.92. The molecular weight excluding hydrogens is 294 g/mol. The van der Waals surface area contributed by atoms with E-state index in [-0.39, 0.29) is 18.1 Å². The molecule has 1 fully saturated rings. The summed E-state index contributed by atoms with van der Waals surface area (Å²) in [6.07, 6.45) is 4.04. The van der Waals surface area contributed by atoms with Crippen molar-refractivity contribution in [1.82, 2.24) is 25.5 Å². The van der Waals surface area contributed by atoms with Crippen LogP contribution in [0.1, 0.15) is 53.4 Å². The lowest BCUT2D eigenvalue weighted by atomic mass is 10.1. The van der Waals surface area contributed by atoms with Gasteiger partial charge in [-0.2, -0.15) is 5.10 Å². The van der Waals surface area contributed by atoms with E-state index in [1.807, 2.05) is 26.0 Å². The third-order valence-electron chi connectivity index (χ3n) is 4.09. The Morgan fingerprint density at radius 3 is 3.00 bits per heavy atom. The zero-order valence-corrected chi connectivity index (χ0v) is 13.4. The Balaban J connectivity index is 1.53. The Labute approximate surface area is 134 Å². The smallest absolute Gasteiger partial charge is 0.253 e. The number of ether oxygens (including phenoxy) is 1. The number of rotatable bonds is 5. The Morgan fingerprint density at radius 1 is 1.43 bits per heavy atom. The number of nitrogens with zero attached hydrogens (tertiary/aromatic N) is 3. The van der Waals surface area contributed by atoms with Crippen LogP contribution in [0.5, 0.6) is 0 Å². The number of aromatic amines is 1. The van der Waals surface area contributed by atoms with E-state index in [0.717, 1.165) is 36.5 Å². The summed E-state index contributed by atoms with van der Waals surface area (Å²) in [5, 5.41) is 9.60. The van der Waals surface area contributed by atoms with Crippen LogP contribution in [0.3, 0.4) is 0 Å². The van der Waals surface area contributed by atoms with E-state index in [1.54, 1.807) is 0 Å². The number of aryl methyl sites for hydroxylation is 2. The molecule has 2 aromatic heterocycles. The molecule has 0 aliphatic carbocycles. The maximum atomic E-state index is 12.3. The molecule has 3 rings (SSSR count). The van der Waals surface area contributed by atoms with Gasteiger partial charge < -0.3 is 10.1 Å². The van der Waals surface area contributed by atoms with Crippen molar-refractivity contribution in [1.29, 1.82) is 0 Å². The summed E-state index contributed by atoms with van der Waals surface area (Å²) in [5.41, 5.74) is 2.37. The number of carbonyl (C=O) groups is 1. The van der Waals surface area contributed by atoms with Crippen LogP contribution in [0.25, 0.3) is 0 Å². The Morgan fingerprint density at radius 2 is 2.30 bits per heavy atom. The maximum Gasteiger partial charge on any atom is 0.253 e. The van der Waals surface area contributed by atoms with Crippen LogP contribution in [0.15, 0.2) is 18.5 Å². The predicted octanol–water partition coefficient (Wildman–Crippen LogP) is 1.72. The molecule has 7 nitrogen and oxygen atoms in total. The van der Waals surface area contributed by atoms with Crippen molar-refractivity contribution in [2.45, 2.75) is 45.3 Å². The van der Waals surface area contributed by atoms with Crippen LogP contribution in [0.2, 0.25) is 0 Å². The van der Waals surface area contributed by atoms with E-state index in [9.17, 15) is 4.79 Å². The van der Waals surface area contributed by atoms with Gasteiger partial charge in [-0.15, -0.1) is 0 Å². The summed E-state index contributed by atoms with van der Waals surface area (Å²) in [7, 11) is 0. The van der Waals surface area contributed by atoms with Crippen molar-refractivity contribution < 1.29 is 9.53 Å². The molecule has 0 bridgehead atoms. The second-order valence-corrected chi connectivity index (χ2v) is 5.69. The predicted molar refractivity (Wildman–Crippen MR) is 83.9 cm³/mol. The summed E-state index contributed by atoms with van der Waals surface area (Å²) in [6, 6.07) is 3.73. The minimum absolute atomic E-state index is 0.00256. The molecule has 0 aromatic carbocycles. The van der Waals surface area contributed by atoms with Crippen LogP contribution >= 0.6 is 0 Å². The highest BCUT2D eigenvalue weighted by Gasteiger charge is 2.28. The highest BCUT2D eigenvalue weighted by atomic mass is 16.5. The van der Waals surface area contributed by atoms with E-state index in [1.165, 1.54) is 6.33 Å². The normalized spacial score (nSPS) is 20.6. The van der Waals surface area contributed by atoms with Crippen molar-refractivity contribution in [3.63, 3.8) is 0 Å². The van der Waals surface area contributed by atoms with Gasteiger partial charge in [0.05, 0.1) is 17.4 Å². The third-order valence-corrected chi connectivity index (χ3v) is 4.09. The number of hydrogen-bond acceptors (Lipinski definition) is 5. The molecule has 0 spiro atoms. The van der Waals surface area contributed by atoms with Gasteiger partial charge >= 0.3 is 0 Å². The summed E-state index contributed by atoms with van der Waals surface area (Å²) in [6.45, 7) is 4.39. The van der Waals surface area contributed by atoms with E-state index in [0.29, 0.717) is 12.1 Å². The molecule has 1 saturated heterocycles. The number of H-pyrrole nitrogens is 1. The molecular formula is C16H21N5O2. The van der Waals surface area contributed by atoms with Crippen molar-refractivity contribution in [2.75, 3.05) is 6.54 Å². The standard InChI is InChI=1S/C16H21N5O2/c1-3-11-4-6-13(10(2)20-11)16(22)17-8-12-5-7-14(23-12)15-18-9-19-21-15/h4,6,9,12,14H,3,5,7-8H2,1-2H3,(H,17,22)(H,18,19,21)/t12-,14+/m1/s1. The first kappa shape index (κ1) is 15.6. The second-order valence-electron chi connectivity index (χ2n) is 5.69. The van der Waals surface area contributed by atoms with Crippen molar-refractivity contribution in [2.24, 2.45) is 0 Å². The molecule has 7 heteroatoms. The topological polar surface area (TPSA) is 92.8 Å². The molecule has 122 valence electrons. The van der Waals surface area contributed by atoms with Crippen molar-refractivity contribution in [3.05, 3.63) is 41.2 Å². The van der Waals surface area contributed by atoms with Gasteiger partial charge in [0.1, 0.15) is 12.4 Å². The number of nitrogens with one attached hydrogen (secondary N) is 2. The molecule has 0 radical (unpaired) electrons. The molecule has 0 unspecified atom stereocenters. The SMILES string of the molecule is CCc1ccc(C(=O)NC[C@H]2CC[C@@H](c3ncn[nH]3)O2)c(C)n1. The average Bonchev–Trinajstić information content (AvgIpc) is 3.23. The number of carbonyl (C=O) groups excluding carboxylic acids is 1. The minimum atomic E-state index is -0.107. The lowest BCUT2D eigenvalue weighted by Crippen LogP contribution is -2.32. The van der Waals surface area contributed by atoms with E-state index in [2.05, 4.69) is 25.5 Å². The fraction of sp³-hybridized carbons (Fsp3) is 0.500. The molecule has 0 saturated carbocycles. The van der Waals surface area contributed by atoms with Gasteiger partial charge in [-0.3, -0.25) is 14.9 Å². The van der Waals surface area contributed by atoms with Gasteiger partial charge in [-0.05, 0) is 38.3 Å². The zero-order valence-electron chi connectivity index (χ0n) is 13.4. The molecule has 23 heavy (non-hydrogen) atoms. The monoisotopic (exact) mass is 315 g/mol. The van der Waals surface area contributed by atoms with E-state index < -0.39 is 0 Å². The number of pyridine rings is 1. The van der Waals surface area contributed by atoms with Gasteiger partial charge in [0, 0.05) is 12.2 Å². The fourth-order valence-electron chi connectivity index (χ4n) is 2.78. The van der Waals surface area contributed by atoms with Gasteiger partial charge in [-0.25, -0.2) is 4.98 Å². The quantitative estimate of drug-likeness (QED) is 0.876. The van der Waals surface area contributed by atoms with Crippen molar-refractivity contribution in [3.8, 4) is 0 Å². The largest absolute Gasteiger partial charge is 0.365 e. The Hall–Kier alpha value is -2.28. The summed E-state index contributed by atoms with van der Waals surface area (Å²) in [5.74, 6) is 0.637. The van der Waals surface area contributed by atoms with Crippen LogP contribution in [-0.4, -0.2) is 38.7 Å². The Bertz CT molecular complexity index is 671. The molecule has 1 amide bonds. The van der Waals surface area contributed by atoms with E-state index in [4.69, 9.17) is 4.74 Å². The zero-order chi connectivity index (χ0) is 16.2. The van der Waals surface area contributed by atoms with Gasteiger partial charge in [-0.1, -0.05) is 6.92 Å². The molecule has 3 heterocycles. The van der Waals surface area contributed by atoms with Crippen LogP contribution < -0.4 is 5.32 Å². The van der Waals surface area contributed by atoms with E-state index >= 15 is 0 Å². The highest BCUT2D eigenvalue weighted by Crippen LogP contribution is 2.30. The van der Waals surface area contributed by atoms with Crippen molar-refractivity contribution >= 4 is 5.91 Å². The highest BCUT2D eigenvalue weighted by molar-refractivity contribution is 5.95. The molecule has 2 N–H and O–H groups in total. The average molecular weight is 315 g/mol. The van der Waals surface area contributed by atoms with Gasteiger partial charge in [0.15, 0.2) is 5.82 Å². The Kier molecular flexibility index (Phi) is 4.66. The van der Waals surface area contributed by atoms with Gasteiger partial charge in [0.25, 0.3) is 5.91 Å². The third kappa shape index (κ3) is 3.56. The second kappa shape index (κ2) is 6.87. The summed E-state index contributed by atoms with van der Waals surface area (Å²) in [4.78, 5) is 20.8. The molecule has 1 aliphatic rings. The summed E-state index contributed by atoms with van der Waals surface area (Å²) < 4.78 is 5.89. The number of hydrogen-bond donors (Lipinski definition) is 2. The maximum absolute atomic E-state index is 12.3.